The van der Waals surface area contributed by atoms with Crippen molar-refractivity contribution in [2.45, 2.75) is 25.9 Å². The van der Waals surface area contributed by atoms with Crippen LogP contribution >= 0.6 is 0 Å². The minimum absolute atomic E-state index is 0.0397. The van der Waals surface area contributed by atoms with Crippen LogP contribution in [-0.2, 0) is 7.05 Å². The van der Waals surface area contributed by atoms with Crippen LogP contribution in [0.1, 0.15) is 37.3 Å². The number of benzene rings is 1. The molecule has 2 atom stereocenters. The highest BCUT2D eigenvalue weighted by Crippen LogP contribution is 2.25. The van der Waals surface area contributed by atoms with Crippen LogP contribution in [0.5, 0.6) is 5.75 Å². The fraction of sp³-hybridized carbons (Fsp3) is 0.385. The van der Waals surface area contributed by atoms with E-state index < -0.39 is 0 Å². The van der Waals surface area contributed by atoms with Crippen LogP contribution < -0.4 is 5.32 Å². The summed E-state index contributed by atoms with van der Waals surface area (Å²) in [6.07, 6.45) is 1.68. The van der Waals surface area contributed by atoms with Gasteiger partial charge in [0, 0.05) is 18.7 Å². The summed E-state index contributed by atoms with van der Waals surface area (Å²) in [5.41, 5.74) is 0.881. The number of aromatic nitrogens is 3. The smallest absolute Gasteiger partial charge is 0.149 e. The van der Waals surface area contributed by atoms with Gasteiger partial charge in [0.1, 0.15) is 17.9 Å². The molecule has 0 radical (unpaired) electrons. The first-order chi connectivity index (χ1) is 8.59. The van der Waals surface area contributed by atoms with Crippen LogP contribution in [0.25, 0.3) is 0 Å². The molecule has 2 N–H and O–H groups in total. The molecular weight excluding hydrogens is 228 g/mol. The summed E-state index contributed by atoms with van der Waals surface area (Å²) < 4.78 is 1.88. The lowest BCUT2D eigenvalue weighted by Crippen LogP contribution is -2.24. The lowest BCUT2D eigenvalue weighted by molar-refractivity contribution is 0.429. The van der Waals surface area contributed by atoms with Crippen LogP contribution in [0, 0.1) is 0 Å². The van der Waals surface area contributed by atoms with E-state index in [2.05, 4.69) is 15.5 Å². The van der Waals surface area contributed by atoms with Gasteiger partial charge in [-0.2, -0.15) is 0 Å². The molecule has 96 valence electrons. The van der Waals surface area contributed by atoms with Gasteiger partial charge in [0.2, 0.25) is 0 Å². The second-order valence-corrected chi connectivity index (χ2v) is 4.47. The van der Waals surface area contributed by atoms with E-state index in [0.717, 1.165) is 11.4 Å². The number of phenols is 1. The fourth-order valence-electron chi connectivity index (χ4n) is 2.08. The molecule has 0 bridgehead atoms. The normalized spacial score (nSPS) is 14.4. The monoisotopic (exact) mass is 246 g/mol. The molecule has 0 spiro atoms. The van der Waals surface area contributed by atoms with E-state index in [1.165, 1.54) is 0 Å². The topological polar surface area (TPSA) is 63.0 Å². The third-order valence-corrected chi connectivity index (χ3v) is 3.04. The van der Waals surface area contributed by atoms with Crippen molar-refractivity contribution < 1.29 is 5.11 Å². The van der Waals surface area contributed by atoms with E-state index in [9.17, 15) is 5.11 Å². The van der Waals surface area contributed by atoms with Crippen LogP contribution in [0.2, 0.25) is 0 Å². The average molecular weight is 246 g/mol. The number of aromatic hydroxyl groups is 1. The second-order valence-electron chi connectivity index (χ2n) is 4.47. The van der Waals surface area contributed by atoms with Crippen molar-refractivity contribution in [2.24, 2.45) is 7.05 Å². The van der Waals surface area contributed by atoms with E-state index in [-0.39, 0.29) is 12.1 Å². The predicted molar refractivity (Wildman–Crippen MR) is 69.1 cm³/mol. The number of hydrogen-bond acceptors (Lipinski definition) is 4. The number of nitrogens with zero attached hydrogens (tertiary/aromatic N) is 3. The van der Waals surface area contributed by atoms with Gasteiger partial charge in [0.15, 0.2) is 0 Å². The third-order valence-electron chi connectivity index (χ3n) is 3.04. The third kappa shape index (κ3) is 2.51. The van der Waals surface area contributed by atoms with Crippen molar-refractivity contribution in [3.05, 3.63) is 42.0 Å². The maximum atomic E-state index is 9.81. The van der Waals surface area contributed by atoms with E-state index in [4.69, 9.17) is 0 Å². The highest BCUT2D eigenvalue weighted by Gasteiger charge is 2.16. The van der Waals surface area contributed by atoms with Crippen molar-refractivity contribution in [1.82, 2.24) is 20.1 Å². The predicted octanol–water partition coefficient (Wildman–Crippen LogP) is 1.93. The number of para-hydroxylation sites is 1. The maximum Gasteiger partial charge on any atom is 0.149 e. The van der Waals surface area contributed by atoms with Gasteiger partial charge in [0.25, 0.3) is 0 Å². The van der Waals surface area contributed by atoms with Crippen LogP contribution in [0.15, 0.2) is 30.6 Å². The summed E-state index contributed by atoms with van der Waals surface area (Å²) in [5.74, 6) is 1.18. The summed E-state index contributed by atoms with van der Waals surface area (Å²) in [6, 6.07) is 7.44. The van der Waals surface area contributed by atoms with Gasteiger partial charge in [-0.25, -0.2) is 0 Å². The van der Waals surface area contributed by atoms with Crippen molar-refractivity contribution in [1.29, 1.82) is 0 Å². The first-order valence-corrected chi connectivity index (χ1v) is 5.97. The number of phenolic OH excluding ortho intramolecular Hbond substituents is 1. The summed E-state index contributed by atoms with van der Waals surface area (Å²) in [4.78, 5) is 0. The Labute approximate surface area is 106 Å². The van der Waals surface area contributed by atoms with E-state index >= 15 is 0 Å². The zero-order chi connectivity index (χ0) is 13.1. The van der Waals surface area contributed by atoms with Gasteiger partial charge in [-0.3, -0.25) is 0 Å². The Bertz CT molecular complexity index is 523. The minimum Gasteiger partial charge on any atom is -0.508 e. The quantitative estimate of drug-likeness (QED) is 0.865. The second kappa shape index (κ2) is 5.18. The van der Waals surface area contributed by atoms with Crippen molar-refractivity contribution in [3.63, 3.8) is 0 Å². The molecule has 2 unspecified atom stereocenters. The molecule has 2 aromatic rings. The number of hydrogen-bond donors (Lipinski definition) is 2. The Morgan fingerprint density at radius 2 is 1.94 bits per heavy atom. The molecule has 5 heteroatoms. The molecule has 1 heterocycles. The van der Waals surface area contributed by atoms with Gasteiger partial charge in [-0.1, -0.05) is 18.2 Å². The highest BCUT2D eigenvalue weighted by atomic mass is 16.3. The lowest BCUT2D eigenvalue weighted by Gasteiger charge is -2.20. The Kier molecular flexibility index (Phi) is 3.62. The molecular formula is C13H18N4O. The fourth-order valence-corrected chi connectivity index (χ4v) is 2.08. The average Bonchev–Trinajstić information content (AvgIpc) is 2.76. The van der Waals surface area contributed by atoms with Gasteiger partial charge >= 0.3 is 0 Å². The van der Waals surface area contributed by atoms with E-state index in [0.29, 0.717) is 5.75 Å². The van der Waals surface area contributed by atoms with Crippen LogP contribution in [0.3, 0.4) is 0 Å². The maximum absolute atomic E-state index is 9.81. The highest BCUT2D eigenvalue weighted by molar-refractivity contribution is 5.34. The van der Waals surface area contributed by atoms with Crippen molar-refractivity contribution in [3.8, 4) is 5.75 Å². The Balaban J connectivity index is 2.11. The van der Waals surface area contributed by atoms with E-state index in [1.807, 2.05) is 43.7 Å². The van der Waals surface area contributed by atoms with E-state index in [1.54, 1.807) is 12.4 Å². The zero-order valence-electron chi connectivity index (χ0n) is 10.8. The van der Waals surface area contributed by atoms with Gasteiger partial charge in [-0.05, 0) is 19.9 Å². The van der Waals surface area contributed by atoms with Crippen molar-refractivity contribution in [2.75, 3.05) is 0 Å². The SMILES string of the molecule is CC(NC(C)c1nncn1C)c1ccccc1O. The first-order valence-electron chi connectivity index (χ1n) is 5.97. The Hall–Kier alpha value is -1.88. The van der Waals surface area contributed by atoms with Crippen LogP contribution in [0.4, 0.5) is 0 Å². The summed E-state index contributed by atoms with van der Waals surface area (Å²) in [7, 11) is 1.91. The number of nitrogens with one attached hydrogen (secondary N) is 1. The Morgan fingerprint density at radius 1 is 1.22 bits per heavy atom. The molecule has 0 saturated carbocycles. The molecule has 18 heavy (non-hydrogen) atoms. The largest absolute Gasteiger partial charge is 0.508 e. The molecule has 1 aromatic heterocycles. The molecule has 0 aliphatic rings. The number of aryl methyl sites for hydroxylation is 1. The minimum atomic E-state index is 0.0397. The summed E-state index contributed by atoms with van der Waals surface area (Å²) >= 11 is 0. The van der Waals surface area contributed by atoms with Crippen molar-refractivity contribution >= 4 is 0 Å². The molecule has 0 aliphatic carbocycles. The molecule has 0 amide bonds. The number of rotatable bonds is 4. The van der Waals surface area contributed by atoms with Gasteiger partial charge < -0.3 is 15.0 Å². The molecule has 0 aliphatic heterocycles. The van der Waals surface area contributed by atoms with Gasteiger partial charge in [-0.15, -0.1) is 10.2 Å². The zero-order valence-corrected chi connectivity index (χ0v) is 10.8. The molecule has 0 saturated heterocycles. The molecule has 2 rings (SSSR count). The molecule has 1 aromatic carbocycles. The molecule has 5 nitrogen and oxygen atoms in total. The lowest BCUT2D eigenvalue weighted by atomic mass is 10.1. The standard InChI is InChI=1S/C13H18N4O/c1-9(11-6-4-5-7-12(11)18)15-10(2)13-16-14-8-17(13)3/h4-10,15,18H,1-3H3. The Morgan fingerprint density at radius 3 is 2.56 bits per heavy atom. The first kappa shape index (κ1) is 12.6. The van der Waals surface area contributed by atoms with Crippen LogP contribution in [-0.4, -0.2) is 19.9 Å². The van der Waals surface area contributed by atoms with Gasteiger partial charge in [0.05, 0.1) is 6.04 Å². The summed E-state index contributed by atoms with van der Waals surface area (Å²) in [6.45, 7) is 4.04. The summed E-state index contributed by atoms with van der Waals surface area (Å²) in [5, 5.41) is 21.1. The molecule has 0 fully saturated rings.